The van der Waals surface area contributed by atoms with Crippen molar-refractivity contribution < 1.29 is 0 Å². The second-order valence-corrected chi connectivity index (χ2v) is 4.78. The van der Waals surface area contributed by atoms with Gasteiger partial charge in [0, 0.05) is 6.20 Å². The first-order valence-corrected chi connectivity index (χ1v) is 6.02. The van der Waals surface area contributed by atoms with Crippen molar-refractivity contribution in [2.24, 2.45) is 11.7 Å². The van der Waals surface area contributed by atoms with E-state index >= 15 is 0 Å². The molecule has 0 aromatic carbocycles. The van der Waals surface area contributed by atoms with E-state index in [-0.39, 0.29) is 0 Å². The van der Waals surface area contributed by atoms with Crippen molar-refractivity contribution in [2.75, 3.05) is 6.54 Å². The first kappa shape index (κ1) is 10.7. The van der Waals surface area contributed by atoms with Gasteiger partial charge in [-0.2, -0.15) is 5.10 Å². The Kier molecular flexibility index (Phi) is 3.41. The fourth-order valence-electron chi connectivity index (χ4n) is 2.38. The smallest absolute Gasteiger partial charge is 0.0522 e. The molecule has 1 aromatic rings. The molecule has 1 heterocycles. The van der Waals surface area contributed by atoms with Crippen LogP contribution in [0.1, 0.15) is 44.2 Å². The summed E-state index contributed by atoms with van der Waals surface area (Å²) in [7, 11) is 0. The molecule has 1 aromatic heterocycles. The minimum atomic E-state index is 0.632. The maximum Gasteiger partial charge on any atom is 0.0522 e. The normalized spacial score (nSPS) is 26.8. The van der Waals surface area contributed by atoms with Crippen LogP contribution < -0.4 is 5.73 Å². The van der Waals surface area contributed by atoms with E-state index in [1.807, 2.05) is 6.20 Å². The average Bonchev–Trinajstić information content (AvgIpc) is 2.68. The van der Waals surface area contributed by atoms with Crippen molar-refractivity contribution in [1.29, 1.82) is 0 Å². The molecule has 1 aliphatic rings. The van der Waals surface area contributed by atoms with Crippen LogP contribution in [0.4, 0.5) is 0 Å². The van der Waals surface area contributed by atoms with Gasteiger partial charge in [0.25, 0.3) is 0 Å². The van der Waals surface area contributed by atoms with Gasteiger partial charge in [-0.1, -0.05) is 6.92 Å². The molecule has 0 bridgehead atoms. The van der Waals surface area contributed by atoms with Crippen molar-refractivity contribution in [3.8, 4) is 0 Å². The predicted molar refractivity (Wildman–Crippen MR) is 61.7 cm³/mol. The van der Waals surface area contributed by atoms with Crippen molar-refractivity contribution in [1.82, 2.24) is 9.78 Å². The van der Waals surface area contributed by atoms with E-state index in [0.717, 1.165) is 12.3 Å². The van der Waals surface area contributed by atoms with Crippen LogP contribution in [-0.4, -0.2) is 16.3 Å². The van der Waals surface area contributed by atoms with Crippen molar-refractivity contribution in [3.63, 3.8) is 0 Å². The Morgan fingerprint density at radius 3 is 2.80 bits per heavy atom. The fourth-order valence-corrected chi connectivity index (χ4v) is 2.38. The molecule has 0 spiro atoms. The van der Waals surface area contributed by atoms with E-state index in [0.29, 0.717) is 12.6 Å². The lowest BCUT2D eigenvalue weighted by molar-refractivity contribution is 0.274. The van der Waals surface area contributed by atoms with Crippen molar-refractivity contribution in [2.45, 2.75) is 45.1 Å². The Balaban J connectivity index is 1.96. The van der Waals surface area contributed by atoms with E-state index in [1.165, 1.54) is 31.2 Å². The van der Waals surface area contributed by atoms with Crippen LogP contribution in [0.3, 0.4) is 0 Å². The van der Waals surface area contributed by atoms with E-state index in [2.05, 4.69) is 22.9 Å². The maximum atomic E-state index is 5.53. The van der Waals surface area contributed by atoms with Crippen molar-refractivity contribution in [3.05, 3.63) is 18.0 Å². The number of rotatable bonds is 3. The first-order chi connectivity index (χ1) is 7.29. The predicted octanol–water partition coefficient (Wildman–Crippen LogP) is 2.14. The van der Waals surface area contributed by atoms with Crippen LogP contribution >= 0.6 is 0 Å². The van der Waals surface area contributed by atoms with Crippen molar-refractivity contribution >= 4 is 0 Å². The second kappa shape index (κ2) is 4.79. The third-order valence-corrected chi connectivity index (χ3v) is 3.45. The van der Waals surface area contributed by atoms with Gasteiger partial charge in [-0.3, -0.25) is 4.68 Å². The Hall–Kier alpha value is -0.830. The Morgan fingerprint density at radius 2 is 2.13 bits per heavy atom. The summed E-state index contributed by atoms with van der Waals surface area (Å²) in [5, 5.41) is 4.44. The molecule has 3 heteroatoms. The zero-order valence-electron chi connectivity index (χ0n) is 9.52. The second-order valence-electron chi connectivity index (χ2n) is 4.78. The lowest BCUT2D eigenvalue weighted by Crippen LogP contribution is -2.17. The minimum absolute atomic E-state index is 0.632. The highest BCUT2D eigenvalue weighted by Gasteiger charge is 2.19. The number of nitrogens with two attached hydrogens (primary N) is 1. The molecule has 15 heavy (non-hydrogen) atoms. The summed E-state index contributed by atoms with van der Waals surface area (Å²) in [5.41, 5.74) is 6.80. The summed E-state index contributed by atoms with van der Waals surface area (Å²) in [6.07, 6.45) is 10.3. The standard InChI is InChI=1S/C12H21N3/c1-10-2-4-12(5-3-10)15-9-11(6-7-13)8-14-15/h8-10,12H,2-7,13H2,1H3. The van der Waals surface area contributed by atoms with Crippen LogP contribution in [0.2, 0.25) is 0 Å². The topological polar surface area (TPSA) is 43.8 Å². The largest absolute Gasteiger partial charge is 0.330 e. The molecule has 3 nitrogen and oxygen atoms in total. The third kappa shape index (κ3) is 2.59. The monoisotopic (exact) mass is 207 g/mol. The molecule has 0 amide bonds. The molecule has 0 saturated heterocycles. The highest BCUT2D eigenvalue weighted by Crippen LogP contribution is 2.31. The van der Waals surface area contributed by atoms with Gasteiger partial charge in [-0.05, 0) is 50.1 Å². The summed E-state index contributed by atoms with van der Waals surface area (Å²) >= 11 is 0. The SMILES string of the molecule is CC1CCC(n2cc(CCN)cn2)CC1. The highest BCUT2D eigenvalue weighted by molar-refractivity contribution is 5.05. The molecule has 1 aliphatic carbocycles. The summed E-state index contributed by atoms with van der Waals surface area (Å²) in [6, 6.07) is 0.632. The van der Waals surface area contributed by atoms with Crippen LogP contribution in [-0.2, 0) is 6.42 Å². The van der Waals surface area contributed by atoms with Gasteiger partial charge in [-0.15, -0.1) is 0 Å². The molecule has 1 saturated carbocycles. The third-order valence-electron chi connectivity index (χ3n) is 3.45. The van der Waals surface area contributed by atoms with Gasteiger partial charge in [0.05, 0.1) is 12.2 Å². The summed E-state index contributed by atoms with van der Waals surface area (Å²) in [6.45, 7) is 3.06. The van der Waals surface area contributed by atoms with Gasteiger partial charge in [0.1, 0.15) is 0 Å². The maximum absolute atomic E-state index is 5.53. The van der Waals surface area contributed by atoms with Gasteiger partial charge in [-0.25, -0.2) is 0 Å². The number of hydrogen-bond donors (Lipinski definition) is 1. The fraction of sp³-hybridized carbons (Fsp3) is 0.750. The lowest BCUT2D eigenvalue weighted by atomic mass is 9.87. The van der Waals surface area contributed by atoms with Gasteiger partial charge in [0.2, 0.25) is 0 Å². The Morgan fingerprint density at radius 1 is 1.40 bits per heavy atom. The summed E-state index contributed by atoms with van der Waals surface area (Å²) in [5.74, 6) is 0.903. The molecule has 1 fully saturated rings. The average molecular weight is 207 g/mol. The van der Waals surface area contributed by atoms with Gasteiger partial charge in [0.15, 0.2) is 0 Å². The minimum Gasteiger partial charge on any atom is -0.330 e. The van der Waals surface area contributed by atoms with Crippen LogP contribution in [0, 0.1) is 5.92 Å². The zero-order valence-corrected chi connectivity index (χ0v) is 9.52. The highest BCUT2D eigenvalue weighted by atomic mass is 15.3. The lowest BCUT2D eigenvalue weighted by Gasteiger charge is -2.26. The molecular weight excluding hydrogens is 186 g/mol. The van der Waals surface area contributed by atoms with E-state index < -0.39 is 0 Å². The molecule has 84 valence electrons. The van der Waals surface area contributed by atoms with E-state index in [4.69, 9.17) is 5.73 Å². The number of nitrogens with zero attached hydrogens (tertiary/aromatic N) is 2. The number of aromatic nitrogens is 2. The van der Waals surface area contributed by atoms with Gasteiger partial charge >= 0.3 is 0 Å². The molecule has 0 radical (unpaired) electrons. The molecule has 0 atom stereocenters. The van der Waals surface area contributed by atoms with E-state index in [1.54, 1.807) is 0 Å². The zero-order chi connectivity index (χ0) is 10.7. The molecule has 2 N–H and O–H groups in total. The summed E-state index contributed by atoms with van der Waals surface area (Å²) in [4.78, 5) is 0. The first-order valence-electron chi connectivity index (χ1n) is 6.02. The molecular formula is C12H21N3. The summed E-state index contributed by atoms with van der Waals surface area (Å²) < 4.78 is 2.15. The number of hydrogen-bond acceptors (Lipinski definition) is 2. The van der Waals surface area contributed by atoms with Gasteiger partial charge < -0.3 is 5.73 Å². The molecule has 0 aliphatic heterocycles. The van der Waals surface area contributed by atoms with Crippen LogP contribution in [0.25, 0.3) is 0 Å². The van der Waals surface area contributed by atoms with E-state index in [9.17, 15) is 0 Å². The Labute approximate surface area is 91.7 Å². The quantitative estimate of drug-likeness (QED) is 0.825. The van der Waals surface area contributed by atoms with Crippen LogP contribution in [0.15, 0.2) is 12.4 Å². The molecule has 0 unspecified atom stereocenters. The Bertz CT molecular complexity index is 298. The van der Waals surface area contributed by atoms with Crippen LogP contribution in [0.5, 0.6) is 0 Å². The molecule has 2 rings (SSSR count).